The van der Waals surface area contributed by atoms with Crippen LogP contribution in [0.3, 0.4) is 0 Å². The minimum atomic E-state index is 0.638. The Morgan fingerprint density at radius 2 is 2.38 bits per heavy atom. The molecular weight excluding hydrogens is 218 g/mol. The van der Waals surface area contributed by atoms with E-state index in [1.54, 1.807) is 0 Å². The van der Waals surface area contributed by atoms with Crippen LogP contribution in [0, 0.1) is 0 Å². The third kappa shape index (κ3) is 1.65. The Hall–Kier alpha value is -1.55. The molecule has 4 heteroatoms. The van der Waals surface area contributed by atoms with Crippen LogP contribution in [-0.4, -0.2) is 11.5 Å². The van der Waals surface area contributed by atoms with E-state index >= 15 is 0 Å². The van der Waals surface area contributed by atoms with Crippen molar-refractivity contribution in [3.63, 3.8) is 0 Å². The SMILES string of the molecule is Nc1nc(C2=CC3=C(C=CCC3)NC2)cs1. The summed E-state index contributed by atoms with van der Waals surface area (Å²) in [5, 5.41) is 6.09. The van der Waals surface area contributed by atoms with Gasteiger partial charge >= 0.3 is 0 Å². The number of thiazole rings is 1. The van der Waals surface area contributed by atoms with Gasteiger partial charge in [-0.1, -0.05) is 6.08 Å². The molecule has 2 heterocycles. The fourth-order valence-electron chi connectivity index (χ4n) is 2.06. The van der Waals surface area contributed by atoms with Crippen LogP contribution < -0.4 is 11.1 Å². The van der Waals surface area contributed by atoms with Gasteiger partial charge in [0.15, 0.2) is 5.13 Å². The normalized spacial score (nSPS) is 19.1. The Morgan fingerprint density at radius 3 is 3.19 bits per heavy atom. The number of allylic oxidation sites excluding steroid dienone is 4. The summed E-state index contributed by atoms with van der Waals surface area (Å²) in [7, 11) is 0. The largest absolute Gasteiger partial charge is 0.381 e. The van der Waals surface area contributed by atoms with E-state index in [0.29, 0.717) is 5.13 Å². The number of rotatable bonds is 1. The zero-order valence-electron chi connectivity index (χ0n) is 8.86. The van der Waals surface area contributed by atoms with Crippen molar-refractivity contribution >= 4 is 22.0 Å². The molecule has 3 nitrogen and oxygen atoms in total. The highest BCUT2D eigenvalue weighted by atomic mass is 32.1. The first-order chi connectivity index (χ1) is 7.83. The Bertz CT molecular complexity index is 508. The van der Waals surface area contributed by atoms with Crippen molar-refractivity contribution in [1.82, 2.24) is 10.3 Å². The number of nitrogen functional groups attached to an aromatic ring is 1. The van der Waals surface area contributed by atoms with Gasteiger partial charge in [-0.05, 0) is 36.1 Å². The lowest BCUT2D eigenvalue weighted by Gasteiger charge is -2.21. The fraction of sp³-hybridized carbons (Fsp3) is 0.250. The molecule has 0 spiro atoms. The Balaban J connectivity index is 1.96. The molecule has 0 unspecified atom stereocenters. The van der Waals surface area contributed by atoms with Gasteiger partial charge in [0.05, 0.1) is 5.69 Å². The molecule has 16 heavy (non-hydrogen) atoms. The Labute approximate surface area is 98.4 Å². The fourth-order valence-corrected chi connectivity index (χ4v) is 2.64. The summed E-state index contributed by atoms with van der Waals surface area (Å²) in [5.74, 6) is 0. The van der Waals surface area contributed by atoms with Crippen molar-refractivity contribution in [2.75, 3.05) is 12.3 Å². The molecule has 0 fully saturated rings. The summed E-state index contributed by atoms with van der Waals surface area (Å²) in [4.78, 5) is 4.32. The van der Waals surface area contributed by atoms with Crippen molar-refractivity contribution in [2.45, 2.75) is 12.8 Å². The van der Waals surface area contributed by atoms with E-state index in [2.05, 4.69) is 28.5 Å². The number of aromatic nitrogens is 1. The molecule has 1 aromatic heterocycles. The van der Waals surface area contributed by atoms with Crippen molar-refractivity contribution in [3.8, 4) is 0 Å². The maximum absolute atomic E-state index is 5.65. The molecule has 0 bridgehead atoms. The molecule has 0 aromatic carbocycles. The molecule has 3 rings (SSSR count). The minimum Gasteiger partial charge on any atom is -0.381 e. The first kappa shape index (κ1) is 9.66. The molecule has 82 valence electrons. The first-order valence-electron chi connectivity index (χ1n) is 5.38. The number of anilines is 1. The van der Waals surface area contributed by atoms with Crippen LogP contribution in [0.2, 0.25) is 0 Å². The van der Waals surface area contributed by atoms with Crippen LogP contribution in [0.4, 0.5) is 5.13 Å². The number of dihydropyridines is 1. The average molecular weight is 231 g/mol. The number of nitrogens with one attached hydrogen (secondary N) is 1. The summed E-state index contributed by atoms with van der Waals surface area (Å²) in [6.07, 6.45) is 8.88. The highest BCUT2D eigenvalue weighted by Crippen LogP contribution is 2.28. The number of nitrogens with two attached hydrogens (primary N) is 1. The van der Waals surface area contributed by atoms with Gasteiger partial charge in [-0.2, -0.15) is 0 Å². The van der Waals surface area contributed by atoms with Crippen LogP contribution in [0.25, 0.3) is 5.57 Å². The maximum Gasteiger partial charge on any atom is 0.180 e. The molecular formula is C12H13N3S. The topological polar surface area (TPSA) is 50.9 Å². The van der Waals surface area contributed by atoms with E-state index in [-0.39, 0.29) is 0 Å². The third-order valence-corrected chi connectivity index (χ3v) is 3.55. The monoisotopic (exact) mass is 231 g/mol. The molecule has 1 aliphatic carbocycles. The quantitative estimate of drug-likeness (QED) is 0.780. The zero-order valence-corrected chi connectivity index (χ0v) is 9.68. The molecule has 1 aromatic rings. The van der Waals surface area contributed by atoms with Gasteiger partial charge in [0.1, 0.15) is 0 Å². The summed E-state index contributed by atoms with van der Waals surface area (Å²) in [5.41, 5.74) is 10.5. The summed E-state index contributed by atoms with van der Waals surface area (Å²) in [6, 6.07) is 0. The van der Waals surface area contributed by atoms with Crippen LogP contribution in [-0.2, 0) is 0 Å². The average Bonchev–Trinajstić information content (AvgIpc) is 2.75. The van der Waals surface area contributed by atoms with Crippen molar-refractivity contribution in [3.05, 3.63) is 40.6 Å². The molecule has 2 aliphatic rings. The van der Waals surface area contributed by atoms with Crippen molar-refractivity contribution in [1.29, 1.82) is 0 Å². The van der Waals surface area contributed by atoms with Gasteiger partial charge < -0.3 is 11.1 Å². The smallest absolute Gasteiger partial charge is 0.180 e. The lowest BCUT2D eigenvalue weighted by molar-refractivity contribution is 0.850. The van der Waals surface area contributed by atoms with E-state index in [1.807, 2.05) is 5.38 Å². The molecule has 0 amide bonds. The van der Waals surface area contributed by atoms with Crippen LogP contribution in [0.1, 0.15) is 18.5 Å². The molecule has 0 saturated carbocycles. The summed E-state index contributed by atoms with van der Waals surface area (Å²) < 4.78 is 0. The molecule has 0 saturated heterocycles. The van der Waals surface area contributed by atoms with Crippen LogP contribution in [0.15, 0.2) is 34.9 Å². The van der Waals surface area contributed by atoms with Crippen molar-refractivity contribution < 1.29 is 0 Å². The van der Waals surface area contributed by atoms with Gasteiger partial charge in [-0.15, -0.1) is 11.3 Å². The lowest BCUT2D eigenvalue weighted by Crippen LogP contribution is -2.21. The second-order valence-electron chi connectivity index (χ2n) is 3.97. The summed E-state index contributed by atoms with van der Waals surface area (Å²) >= 11 is 1.50. The molecule has 1 aliphatic heterocycles. The maximum atomic E-state index is 5.65. The predicted octanol–water partition coefficient (Wildman–Crippen LogP) is 2.32. The van der Waals surface area contributed by atoms with Gasteiger partial charge in [0, 0.05) is 17.6 Å². The van der Waals surface area contributed by atoms with Gasteiger partial charge in [-0.25, -0.2) is 4.98 Å². The Kier molecular flexibility index (Phi) is 2.29. The highest BCUT2D eigenvalue weighted by molar-refractivity contribution is 7.13. The molecule has 3 N–H and O–H groups in total. The van der Waals surface area contributed by atoms with E-state index in [4.69, 9.17) is 5.73 Å². The van der Waals surface area contributed by atoms with Crippen molar-refractivity contribution in [2.24, 2.45) is 0 Å². The number of hydrogen-bond donors (Lipinski definition) is 2. The standard InChI is InChI=1S/C12H13N3S/c13-12-15-11(7-16-12)9-5-8-3-1-2-4-10(8)14-6-9/h2,4-5,7,14H,1,3,6H2,(H2,13,15). The second-order valence-corrected chi connectivity index (χ2v) is 4.86. The Morgan fingerprint density at radius 1 is 1.44 bits per heavy atom. The van der Waals surface area contributed by atoms with Gasteiger partial charge in [-0.3, -0.25) is 0 Å². The van der Waals surface area contributed by atoms with E-state index in [0.717, 1.165) is 25.1 Å². The van der Waals surface area contributed by atoms with E-state index < -0.39 is 0 Å². The highest BCUT2D eigenvalue weighted by Gasteiger charge is 2.15. The van der Waals surface area contributed by atoms with Gasteiger partial charge in [0.25, 0.3) is 0 Å². The molecule has 0 atom stereocenters. The minimum absolute atomic E-state index is 0.638. The van der Waals surface area contributed by atoms with Gasteiger partial charge in [0.2, 0.25) is 0 Å². The predicted molar refractivity (Wildman–Crippen MR) is 67.9 cm³/mol. The zero-order chi connectivity index (χ0) is 11.0. The van der Waals surface area contributed by atoms with E-state index in [1.165, 1.54) is 28.2 Å². The second kappa shape index (κ2) is 3.79. The van der Waals surface area contributed by atoms with Crippen LogP contribution >= 0.6 is 11.3 Å². The number of nitrogens with zero attached hydrogens (tertiary/aromatic N) is 1. The molecule has 0 radical (unpaired) electrons. The number of hydrogen-bond acceptors (Lipinski definition) is 4. The lowest BCUT2D eigenvalue weighted by atomic mass is 9.96. The van der Waals surface area contributed by atoms with E-state index in [9.17, 15) is 0 Å². The summed E-state index contributed by atoms with van der Waals surface area (Å²) in [6.45, 7) is 0.840. The van der Waals surface area contributed by atoms with Crippen LogP contribution in [0.5, 0.6) is 0 Å². The third-order valence-electron chi connectivity index (χ3n) is 2.88. The first-order valence-corrected chi connectivity index (χ1v) is 6.26.